The molecule has 0 radical (unpaired) electrons. The fourth-order valence-electron chi connectivity index (χ4n) is 7.23. The molecule has 0 aromatic heterocycles. The number of allylic oxidation sites excluding steroid dienone is 1. The zero-order chi connectivity index (χ0) is 20.9. The predicted molar refractivity (Wildman–Crippen MR) is 119 cm³/mol. The minimum absolute atomic E-state index is 0.0925. The summed E-state index contributed by atoms with van der Waals surface area (Å²) in [7, 11) is 3.55. The second-order valence-electron chi connectivity index (χ2n) is 9.63. The third-order valence-electron chi connectivity index (χ3n) is 8.48. The van der Waals surface area contributed by atoms with Gasteiger partial charge < -0.3 is 19.5 Å². The average Bonchev–Trinajstić information content (AvgIpc) is 3.10. The summed E-state index contributed by atoms with van der Waals surface area (Å²) in [5.74, 6) is 2.20. The number of methoxy groups -OCH3 is 2. The van der Waals surface area contributed by atoms with Crippen LogP contribution in [-0.2, 0) is 15.1 Å². The Morgan fingerprint density at radius 2 is 2.20 bits per heavy atom. The minimum atomic E-state index is -0.295. The maximum absolute atomic E-state index is 6.79. The van der Waals surface area contributed by atoms with Gasteiger partial charge in [0.1, 0.15) is 11.4 Å². The number of hydrogen-bond acceptors (Lipinski definition) is 5. The van der Waals surface area contributed by atoms with E-state index in [2.05, 4.69) is 42.3 Å². The van der Waals surface area contributed by atoms with Crippen LogP contribution in [0.4, 0.5) is 5.69 Å². The smallest absolute Gasteiger partial charge is 0.127 e. The molecule has 1 aromatic carbocycles. The summed E-state index contributed by atoms with van der Waals surface area (Å²) in [5, 5.41) is 4.04. The summed E-state index contributed by atoms with van der Waals surface area (Å²) in [5.41, 5.74) is 3.45. The molecular weight excluding hydrogens is 376 g/mol. The van der Waals surface area contributed by atoms with Gasteiger partial charge in [-0.3, -0.25) is 4.90 Å². The van der Waals surface area contributed by atoms with Gasteiger partial charge in [-0.2, -0.15) is 0 Å². The first-order valence-corrected chi connectivity index (χ1v) is 11.6. The molecule has 5 rings (SSSR count). The Labute approximate surface area is 180 Å². The van der Waals surface area contributed by atoms with Crippen LogP contribution in [0.25, 0.3) is 0 Å². The van der Waals surface area contributed by atoms with Gasteiger partial charge >= 0.3 is 0 Å². The Bertz CT molecular complexity index is 840. The molecule has 4 heterocycles. The van der Waals surface area contributed by atoms with E-state index in [0.717, 1.165) is 51.1 Å². The summed E-state index contributed by atoms with van der Waals surface area (Å²) in [4.78, 5) is 2.77. The highest BCUT2D eigenvalue weighted by atomic mass is 16.5. The molecule has 5 atom stereocenters. The van der Waals surface area contributed by atoms with Crippen molar-refractivity contribution in [3.63, 3.8) is 0 Å². The summed E-state index contributed by atoms with van der Waals surface area (Å²) in [6.07, 6.45) is 7.59. The molecule has 5 heteroatoms. The van der Waals surface area contributed by atoms with Crippen LogP contribution in [0.1, 0.15) is 51.5 Å². The van der Waals surface area contributed by atoms with Crippen LogP contribution in [-0.4, -0.2) is 50.4 Å². The van der Waals surface area contributed by atoms with E-state index in [1.807, 2.05) is 6.26 Å². The third-order valence-corrected chi connectivity index (χ3v) is 8.48. The van der Waals surface area contributed by atoms with Crippen molar-refractivity contribution in [3.8, 4) is 5.75 Å². The van der Waals surface area contributed by atoms with Crippen molar-refractivity contribution in [2.45, 2.75) is 63.1 Å². The van der Waals surface area contributed by atoms with Gasteiger partial charge in [-0.1, -0.05) is 19.4 Å². The van der Waals surface area contributed by atoms with Crippen LogP contribution in [0.5, 0.6) is 5.75 Å². The topological polar surface area (TPSA) is 43.0 Å². The van der Waals surface area contributed by atoms with E-state index >= 15 is 0 Å². The van der Waals surface area contributed by atoms with Crippen LogP contribution >= 0.6 is 0 Å². The molecule has 3 saturated heterocycles. The van der Waals surface area contributed by atoms with Gasteiger partial charge in [0, 0.05) is 31.4 Å². The Balaban J connectivity index is 1.60. The van der Waals surface area contributed by atoms with Gasteiger partial charge in [-0.25, -0.2) is 0 Å². The number of nitrogens with zero attached hydrogens (tertiary/aromatic N) is 1. The highest BCUT2D eigenvalue weighted by Crippen LogP contribution is 2.62. The van der Waals surface area contributed by atoms with Crippen molar-refractivity contribution >= 4 is 5.69 Å². The van der Waals surface area contributed by atoms with Gasteiger partial charge in [0.15, 0.2) is 0 Å². The Kier molecular flexibility index (Phi) is 5.02. The quantitative estimate of drug-likeness (QED) is 0.736. The minimum Gasteiger partial charge on any atom is -0.504 e. The van der Waals surface area contributed by atoms with Crippen LogP contribution < -0.4 is 10.1 Å². The Morgan fingerprint density at radius 3 is 2.97 bits per heavy atom. The summed E-state index contributed by atoms with van der Waals surface area (Å²) in [6.45, 7) is 7.66. The molecule has 0 unspecified atom stereocenters. The van der Waals surface area contributed by atoms with E-state index < -0.39 is 0 Å². The van der Waals surface area contributed by atoms with Gasteiger partial charge in [0.2, 0.25) is 0 Å². The standard InChI is InChI=1S/C25H36N2O3/c1-5-18-15-27-12-11-25-23-20(8-6-9-21(23)29-4)26-24(25,10-7-13-30-25)22(27)14-19(18)17(2)16-28-3/h6,8-9,16,18-19,22,26H,5,7,10-15H2,1-4H3/b17-16-/t18-,19-,22+,24-,25+/m1/s1. The number of hydrogen-bond donors (Lipinski definition) is 1. The van der Waals surface area contributed by atoms with E-state index in [1.165, 1.54) is 23.2 Å². The molecule has 1 N–H and O–H groups in total. The number of nitrogens with one attached hydrogen (secondary N) is 1. The Hall–Kier alpha value is -1.72. The molecule has 0 saturated carbocycles. The molecule has 3 fully saturated rings. The third kappa shape index (κ3) is 2.61. The number of benzene rings is 1. The molecule has 0 amide bonds. The van der Waals surface area contributed by atoms with Crippen molar-refractivity contribution in [1.29, 1.82) is 0 Å². The van der Waals surface area contributed by atoms with Gasteiger partial charge in [-0.05, 0) is 62.1 Å². The lowest BCUT2D eigenvalue weighted by Gasteiger charge is -2.62. The van der Waals surface area contributed by atoms with E-state index in [-0.39, 0.29) is 11.1 Å². The molecule has 0 aliphatic carbocycles. The molecule has 4 aliphatic rings. The largest absolute Gasteiger partial charge is 0.504 e. The number of fused-ring (bicyclic) bond motifs is 2. The first-order chi connectivity index (χ1) is 14.6. The highest BCUT2D eigenvalue weighted by molar-refractivity contribution is 5.70. The van der Waals surface area contributed by atoms with E-state index in [0.29, 0.717) is 17.9 Å². The zero-order valence-corrected chi connectivity index (χ0v) is 18.9. The maximum Gasteiger partial charge on any atom is 0.127 e. The van der Waals surface area contributed by atoms with E-state index in [9.17, 15) is 0 Å². The fourth-order valence-corrected chi connectivity index (χ4v) is 7.23. The summed E-state index contributed by atoms with van der Waals surface area (Å²) >= 11 is 0. The molecule has 0 spiro atoms. The van der Waals surface area contributed by atoms with Gasteiger partial charge in [-0.15, -0.1) is 0 Å². The monoisotopic (exact) mass is 412 g/mol. The van der Waals surface area contributed by atoms with Crippen molar-refractivity contribution in [3.05, 3.63) is 35.6 Å². The van der Waals surface area contributed by atoms with Crippen molar-refractivity contribution in [1.82, 2.24) is 4.90 Å². The lowest BCUT2D eigenvalue weighted by molar-refractivity contribution is -0.187. The van der Waals surface area contributed by atoms with Crippen LogP contribution in [0.3, 0.4) is 0 Å². The van der Waals surface area contributed by atoms with E-state index in [1.54, 1.807) is 14.2 Å². The van der Waals surface area contributed by atoms with E-state index in [4.69, 9.17) is 14.2 Å². The van der Waals surface area contributed by atoms with Crippen LogP contribution in [0.15, 0.2) is 30.0 Å². The van der Waals surface area contributed by atoms with Gasteiger partial charge in [0.25, 0.3) is 0 Å². The number of anilines is 1. The molecule has 0 bridgehead atoms. The molecule has 5 nitrogen and oxygen atoms in total. The lowest BCUT2D eigenvalue weighted by atomic mass is 9.60. The normalized spacial score (nSPS) is 38.0. The first-order valence-electron chi connectivity index (χ1n) is 11.6. The molecular formula is C25H36N2O3. The number of ether oxygens (including phenoxy) is 3. The van der Waals surface area contributed by atoms with Crippen LogP contribution in [0.2, 0.25) is 0 Å². The second kappa shape index (κ2) is 7.45. The lowest BCUT2D eigenvalue weighted by Crippen LogP contribution is -2.73. The number of rotatable bonds is 4. The molecule has 1 aromatic rings. The zero-order valence-electron chi connectivity index (χ0n) is 18.9. The molecule has 4 aliphatic heterocycles. The molecule has 164 valence electrons. The highest BCUT2D eigenvalue weighted by Gasteiger charge is 2.68. The summed E-state index contributed by atoms with van der Waals surface area (Å²) in [6, 6.07) is 6.85. The maximum atomic E-state index is 6.79. The van der Waals surface area contributed by atoms with Crippen molar-refractivity contribution < 1.29 is 14.2 Å². The number of piperidine rings is 2. The first kappa shape index (κ1) is 20.2. The SMILES string of the molecule is CC[C@@H]1CN2CC[C@@]34OCCC[C@@]3(Nc3cccc(OC)c34)[C@@H]2C[C@@H]1/C(C)=C\OC. The van der Waals surface area contributed by atoms with Gasteiger partial charge in [0.05, 0.1) is 31.6 Å². The molecule has 30 heavy (non-hydrogen) atoms. The van der Waals surface area contributed by atoms with Crippen molar-refractivity contribution in [2.24, 2.45) is 11.8 Å². The van der Waals surface area contributed by atoms with Crippen LogP contribution in [0, 0.1) is 11.8 Å². The Morgan fingerprint density at radius 1 is 1.33 bits per heavy atom. The second-order valence-corrected chi connectivity index (χ2v) is 9.63. The average molecular weight is 413 g/mol. The fraction of sp³-hybridized carbons (Fsp3) is 0.680. The predicted octanol–water partition coefficient (Wildman–Crippen LogP) is 4.54. The van der Waals surface area contributed by atoms with Crippen molar-refractivity contribution in [2.75, 3.05) is 39.2 Å². The summed E-state index contributed by atoms with van der Waals surface area (Å²) < 4.78 is 18.1.